The Hall–Kier alpha value is -5.90. The van der Waals surface area contributed by atoms with Crippen molar-refractivity contribution in [3.05, 3.63) is 181 Å². The maximum atomic E-state index is 2.43. The summed E-state index contributed by atoms with van der Waals surface area (Å²) in [5, 5.41) is 3.86. The van der Waals surface area contributed by atoms with Gasteiger partial charge in [-0.05, 0) is 112 Å². The first-order valence-corrected chi connectivity index (χ1v) is 18.1. The first kappa shape index (κ1) is 29.1. The van der Waals surface area contributed by atoms with Crippen LogP contribution < -0.4 is 4.90 Å². The smallest absolute Gasteiger partial charge is 0.0528 e. The lowest BCUT2D eigenvalue weighted by atomic mass is 9.82. The van der Waals surface area contributed by atoms with Crippen molar-refractivity contribution in [3.63, 3.8) is 0 Å². The van der Waals surface area contributed by atoms with Gasteiger partial charge in [-0.3, -0.25) is 0 Å². The molecule has 0 atom stereocenters. The summed E-state index contributed by atoms with van der Waals surface area (Å²) in [6.07, 6.45) is 2.15. The van der Waals surface area contributed by atoms with Crippen LogP contribution >= 0.6 is 11.3 Å². The lowest BCUT2D eigenvalue weighted by Crippen LogP contribution is -2.16. The van der Waals surface area contributed by atoms with Crippen molar-refractivity contribution < 1.29 is 0 Å². The molecule has 0 bridgehead atoms. The van der Waals surface area contributed by atoms with Crippen molar-refractivity contribution >= 4 is 59.5 Å². The number of thiophene rings is 1. The standard InChI is InChI=1S/C47H34N2S/c1-47(2)42-12-6-4-10-38(42)39-25-23-37(30-43(39)47)49(36-24-26-46-41(29-36)40-11-5-8-14-45(40)50-46)35-21-17-32(18-22-35)31-15-19-34(20-16-31)48-28-27-33-9-3-7-13-44(33)48/h3-30H,1-2H3. The van der Waals surface area contributed by atoms with Crippen molar-refractivity contribution in [2.45, 2.75) is 19.3 Å². The van der Waals surface area contributed by atoms with E-state index in [0.29, 0.717) is 0 Å². The maximum absolute atomic E-state index is 2.43. The number of rotatable bonds is 5. The second kappa shape index (κ2) is 11.1. The van der Waals surface area contributed by atoms with Gasteiger partial charge in [0.2, 0.25) is 0 Å². The Morgan fingerprint density at radius 1 is 0.500 bits per heavy atom. The molecule has 50 heavy (non-hydrogen) atoms. The van der Waals surface area contributed by atoms with Gasteiger partial charge >= 0.3 is 0 Å². The summed E-state index contributed by atoms with van der Waals surface area (Å²) >= 11 is 1.86. The third kappa shape index (κ3) is 4.47. The molecular weight excluding hydrogens is 625 g/mol. The van der Waals surface area contributed by atoms with E-state index in [-0.39, 0.29) is 5.41 Å². The van der Waals surface area contributed by atoms with E-state index in [2.05, 4.69) is 193 Å². The fourth-order valence-electron chi connectivity index (χ4n) is 8.06. The summed E-state index contributed by atoms with van der Waals surface area (Å²) in [4.78, 5) is 2.43. The number of nitrogens with zero attached hydrogens (tertiary/aromatic N) is 2. The van der Waals surface area contributed by atoms with Crippen LogP contribution in [0.3, 0.4) is 0 Å². The molecule has 3 heteroatoms. The third-order valence-electron chi connectivity index (χ3n) is 10.6. The van der Waals surface area contributed by atoms with E-state index in [9.17, 15) is 0 Å². The summed E-state index contributed by atoms with van der Waals surface area (Å²) in [7, 11) is 0. The van der Waals surface area contributed by atoms with Gasteiger partial charge < -0.3 is 9.47 Å². The molecule has 9 aromatic rings. The topological polar surface area (TPSA) is 8.17 Å². The van der Waals surface area contributed by atoms with Crippen LogP contribution in [0.2, 0.25) is 0 Å². The monoisotopic (exact) mass is 658 g/mol. The summed E-state index contributed by atoms with van der Waals surface area (Å²) in [6.45, 7) is 4.71. The van der Waals surface area contributed by atoms with Crippen molar-refractivity contribution in [1.29, 1.82) is 0 Å². The van der Waals surface area contributed by atoms with Gasteiger partial charge in [-0.2, -0.15) is 0 Å². The number of benzene rings is 7. The predicted octanol–water partition coefficient (Wildman–Crippen LogP) is 13.4. The average Bonchev–Trinajstić information content (AvgIpc) is 3.83. The minimum Gasteiger partial charge on any atom is -0.317 e. The summed E-state index contributed by atoms with van der Waals surface area (Å²) in [5.41, 5.74) is 13.6. The molecule has 238 valence electrons. The summed E-state index contributed by atoms with van der Waals surface area (Å²) < 4.78 is 4.89. The number of aromatic nitrogens is 1. The molecule has 0 unspecified atom stereocenters. The van der Waals surface area contributed by atoms with Gasteiger partial charge in [0, 0.05) is 54.5 Å². The molecule has 0 fully saturated rings. The zero-order valence-corrected chi connectivity index (χ0v) is 28.8. The minimum atomic E-state index is -0.0793. The average molecular weight is 659 g/mol. The van der Waals surface area contributed by atoms with E-state index in [1.165, 1.54) is 70.1 Å². The SMILES string of the molecule is CC1(C)c2ccccc2-c2ccc(N(c3ccc(-c4ccc(-n5ccc6ccccc65)cc4)cc3)c3ccc4sc5ccccc5c4c3)cc21. The molecular formula is C47H34N2S. The van der Waals surface area contributed by atoms with Gasteiger partial charge in [0.1, 0.15) is 0 Å². The van der Waals surface area contributed by atoms with Crippen LogP contribution in [0, 0.1) is 0 Å². The number of para-hydroxylation sites is 1. The highest BCUT2D eigenvalue weighted by atomic mass is 32.1. The molecule has 2 aromatic heterocycles. The summed E-state index contributed by atoms with van der Waals surface area (Å²) in [5.74, 6) is 0. The molecule has 0 amide bonds. The zero-order chi connectivity index (χ0) is 33.4. The van der Waals surface area contributed by atoms with Crippen LogP contribution in [-0.2, 0) is 5.41 Å². The number of hydrogen-bond donors (Lipinski definition) is 0. The van der Waals surface area contributed by atoms with Crippen LogP contribution in [0.5, 0.6) is 0 Å². The molecule has 1 aliphatic carbocycles. The van der Waals surface area contributed by atoms with Crippen LogP contribution in [0.4, 0.5) is 17.1 Å². The highest BCUT2D eigenvalue weighted by Gasteiger charge is 2.35. The number of anilines is 3. The molecule has 1 aliphatic rings. The summed E-state index contributed by atoms with van der Waals surface area (Å²) in [6, 6.07) is 60.2. The van der Waals surface area contributed by atoms with Crippen LogP contribution in [0.25, 0.3) is 59.0 Å². The highest BCUT2D eigenvalue weighted by Crippen LogP contribution is 2.51. The Morgan fingerprint density at radius 3 is 2.00 bits per heavy atom. The maximum Gasteiger partial charge on any atom is 0.0528 e. The Morgan fingerprint density at radius 2 is 1.14 bits per heavy atom. The van der Waals surface area contributed by atoms with Gasteiger partial charge in [-0.25, -0.2) is 0 Å². The third-order valence-corrected chi connectivity index (χ3v) is 11.8. The molecule has 10 rings (SSSR count). The van der Waals surface area contributed by atoms with Crippen molar-refractivity contribution in [2.75, 3.05) is 4.90 Å². The minimum absolute atomic E-state index is 0.0793. The van der Waals surface area contributed by atoms with Crippen LogP contribution in [0.1, 0.15) is 25.0 Å². The lowest BCUT2D eigenvalue weighted by Gasteiger charge is -2.28. The first-order valence-electron chi connectivity index (χ1n) is 17.3. The first-order chi connectivity index (χ1) is 24.5. The van der Waals surface area contributed by atoms with Crippen molar-refractivity contribution in [1.82, 2.24) is 4.57 Å². The Kier molecular flexibility index (Phi) is 6.43. The van der Waals surface area contributed by atoms with Gasteiger partial charge in [0.25, 0.3) is 0 Å². The Labute approximate surface area is 296 Å². The lowest BCUT2D eigenvalue weighted by molar-refractivity contribution is 0.660. The van der Waals surface area contributed by atoms with Gasteiger partial charge in [0.15, 0.2) is 0 Å². The normalized spacial score (nSPS) is 13.2. The second-order valence-corrected chi connectivity index (χ2v) is 14.9. The quantitative estimate of drug-likeness (QED) is 0.179. The van der Waals surface area contributed by atoms with E-state index in [1.807, 2.05) is 11.3 Å². The number of fused-ring (bicyclic) bond motifs is 7. The molecule has 0 saturated carbocycles. The second-order valence-electron chi connectivity index (χ2n) is 13.9. The van der Waals surface area contributed by atoms with Crippen molar-refractivity contribution in [3.8, 4) is 27.9 Å². The molecule has 7 aromatic carbocycles. The Bertz CT molecular complexity index is 2730. The molecule has 0 radical (unpaired) electrons. The molecule has 0 spiro atoms. The van der Waals surface area contributed by atoms with E-state index in [0.717, 1.165) is 17.1 Å². The zero-order valence-electron chi connectivity index (χ0n) is 28.0. The van der Waals surface area contributed by atoms with E-state index in [4.69, 9.17) is 0 Å². The van der Waals surface area contributed by atoms with Crippen LogP contribution in [0.15, 0.2) is 170 Å². The molecule has 2 nitrogen and oxygen atoms in total. The molecule has 0 aliphatic heterocycles. The molecule has 0 saturated heterocycles. The molecule has 0 N–H and O–H groups in total. The van der Waals surface area contributed by atoms with Crippen molar-refractivity contribution in [2.24, 2.45) is 0 Å². The number of hydrogen-bond acceptors (Lipinski definition) is 2. The molecule has 2 heterocycles. The fourth-order valence-corrected chi connectivity index (χ4v) is 9.14. The highest BCUT2D eigenvalue weighted by molar-refractivity contribution is 7.25. The predicted molar refractivity (Wildman–Crippen MR) is 214 cm³/mol. The van der Waals surface area contributed by atoms with E-state index < -0.39 is 0 Å². The van der Waals surface area contributed by atoms with Gasteiger partial charge in [-0.1, -0.05) is 105 Å². The van der Waals surface area contributed by atoms with E-state index in [1.54, 1.807) is 0 Å². The largest absolute Gasteiger partial charge is 0.317 e. The van der Waals surface area contributed by atoms with Crippen LogP contribution in [-0.4, -0.2) is 4.57 Å². The Balaban J connectivity index is 1.07. The van der Waals surface area contributed by atoms with Gasteiger partial charge in [-0.15, -0.1) is 11.3 Å². The fraction of sp³-hybridized carbons (Fsp3) is 0.0638. The van der Waals surface area contributed by atoms with Gasteiger partial charge in [0.05, 0.1) is 5.52 Å². The van der Waals surface area contributed by atoms with E-state index >= 15 is 0 Å².